The average molecular weight is 283 g/mol. The van der Waals surface area contributed by atoms with Crippen LogP contribution in [0.5, 0.6) is 0 Å². The molecule has 1 aliphatic heterocycles. The number of piperidine rings is 1. The van der Waals surface area contributed by atoms with Crippen LogP contribution in [0.4, 0.5) is 0 Å². The average Bonchev–Trinajstić information content (AvgIpc) is 2.39. The summed E-state index contributed by atoms with van der Waals surface area (Å²) in [5.41, 5.74) is 5.66. The maximum atomic E-state index is 12.1. The second kappa shape index (κ2) is 7.62. The smallest absolute Gasteiger partial charge is 0.225 e. The van der Waals surface area contributed by atoms with E-state index in [1.807, 2.05) is 32.6 Å². The third-order valence-corrected chi connectivity index (χ3v) is 4.04. The van der Waals surface area contributed by atoms with E-state index in [1.165, 1.54) is 0 Å². The molecule has 2 amide bonds. The SMILES string of the molecule is CC(C)C(=O)N1CCC(NC(=O)C(CN)C(C)C)CC1. The molecule has 0 saturated carbocycles. The van der Waals surface area contributed by atoms with Crippen LogP contribution < -0.4 is 11.1 Å². The summed E-state index contributed by atoms with van der Waals surface area (Å²) in [6, 6.07) is 0.173. The molecular formula is C15H29N3O2. The number of carbonyl (C=O) groups is 2. The van der Waals surface area contributed by atoms with Crippen molar-refractivity contribution in [3.8, 4) is 0 Å². The van der Waals surface area contributed by atoms with Gasteiger partial charge in [-0.25, -0.2) is 0 Å². The van der Waals surface area contributed by atoms with E-state index >= 15 is 0 Å². The van der Waals surface area contributed by atoms with Crippen molar-refractivity contribution in [2.45, 2.75) is 46.6 Å². The molecule has 1 fully saturated rings. The van der Waals surface area contributed by atoms with Gasteiger partial charge in [-0.3, -0.25) is 9.59 Å². The van der Waals surface area contributed by atoms with E-state index in [2.05, 4.69) is 5.32 Å². The van der Waals surface area contributed by atoms with Crippen molar-refractivity contribution in [2.75, 3.05) is 19.6 Å². The predicted molar refractivity (Wildman–Crippen MR) is 80.0 cm³/mol. The van der Waals surface area contributed by atoms with Crippen molar-refractivity contribution >= 4 is 11.8 Å². The molecule has 0 aromatic rings. The highest BCUT2D eigenvalue weighted by molar-refractivity contribution is 5.80. The molecule has 1 unspecified atom stereocenters. The Hall–Kier alpha value is -1.10. The Kier molecular flexibility index (Phi) is 6.46. The predicted octanol–water partition coefficient (Wildman–Crippen LogP) is 0.981. The minimum Gasteiger partial charge on any atom is -0.353 e. The molecule has 0 radical (unpaired) electrons. The van der Waals surface area contributed by atoms with E-state index in [1.54, 1.807) is 0 Å². The van der Waals surface area contributed by atoms with E-state index in [9.17, 15) is 9.59 Å². The van der Waals surface area contributed by atoms with Crippen molar-refractivity contribution in [3.63, 3.8) is 0 Å². The molecule has 0 aliphatic carbocycles. The first kappa shape index (κ1) is 17.0. The summed E-state index contributed by atoms with van der Waals surface area (Å²) in [7, 11) is 0. The normalized spacial score (nSPS) is 18.4. The van der Waals surface area contributed by atoms with Crippen molar-refractivity contribution in [1.29, 1.82) is 0 Å². The van der Waals surface area contributed by atoms with Gasteiger partial charge in [-0.15, -0.1) is 0 Å². The quantitative estimate of drug-likeness (QED) is 0.790. The van der Waals surface area contributed by atoms with Crippen LogP contribution in [0.2, 0.25) is 0 Å². The number of hydrogen-bond acceptors (Lipinski definition) is 3. The third kappa shape index (κ3) is 4.47. The van der Waals surface area contributed by atoms with Gasteiger partial charge < -0.3 is 16.0 Å². The zero-order chi connectivity index (χ0) is 15.3. The summed E-state index contributed by atoms with van der Waals surface area (Å²) in [6.45, 7) is 9.72. The second-order valence-electron chi connectivity index (χ2n) is 6.35. The minimum atomic E-state index is -0.120. The van der Waals surface area contributed by atoms with Gasteiger partial charge in [0.05, 0.1) is 5.92 Å². The Bertz CT molecular complexity index is 334. The topological polar surface area (TPSA) is 75.4 Å². The number of amides is 2. The Morgan fingerprint density at radius 1 is 1.20 bits per heavy atom. The molecule has 0 bridgehead atoms. The molecule has 1 aliphatic rings. The first-order valence-electron chi connectivity index (χ1n) is 7.66. The molecule has 0 aromatic heterocycles. The standard InChI is InChI=1S/C15H29N3O2/c1-10(2)13(9-16)14(19)17-12-5-7-18(8-6-12)15(20)11(3)4/h10-13H,5-9,16H2,1-4H3,(H,17,19). The number of likely N-dealkylation sites (tertiary alicyclic amines) is 1. The maximum absolute atomic E-state index is 12.1. The maximum Gasteiger partial charge on any atom is 0.225 e. The molecular weight excluding hydrogens is 254 g/mol. The van der Waals surface area contributed by atoms with E-state index in [-0.39, 0.29) is 35.6 Å². The van der Waals surface area contributed by atoms with Crippen LogP contribution in [0.15, 0.2) is 0 Å². The summed E-state index contributed by atoms with van der Waals surface area (Å²) in [5, 5.41) is 3.08. The summed E-state index contributed by atoms with van der Waals surface area (Å²) in [6.07, 6.45) is 1.67. The van der Waals surface area contributed by atoms with Gasteiger partial charge in [0, 0.05) is 31.6 Å². The molecule has 5 heteroatoms. The number of hydrogen-bond donors (Lipinski definition) is 2. The fourth-order valence-electron chi connectivity index (χ4n) is 2.60. The molecule has 1 heterocycles. The minimum absolute atomic E-state index is 0.0451. The summed E-state index contributed by atoms with van der Waals surface area (Å²) in [4.78, 5) is 25.9. The van der Waals surface area contributed by atoms with Gasteiger partial charge in [0.15, 0.2) is 0 Å². The monoisotopic (exact) mass is 283 g/mol. The van der Waals surface area contributed by atoms with Crippen LogP contribution in [-0.2, 0) is 9.59 Å². The summed E-state index contributed by atoms with van der Waals surface area (Å²) >= 11 is 0. The third-order valence-electron chi connectivity index (χ3n) is 4.04. The fraction of sp³-hybridized carbons (Fsp3) is 0.867. The summed E-state index contributed by atoms with van der Waals surface area (Å²) in [5.74, 6) is 0.435. The molecule has 1 atom stereocenters. The van der Waals surface area contributed by atoms with Crippen LogP contribution in [-0.4, -0.2) is 42.4 Å². The molecule has 5 nitrogen and oxygen atoms in total. The summed E-state index contributed by atoms with van der Waals surface area (Å²) < 4.78 is 0. The first-order chi connectivity index (χ1) is 9.36. The lowest BCUT2D eigenvalue weighted by atomic mass is 9.94. The first-order valence-corrected chi connectivity index (χ1v) is 7.66. The van der Waals surface area contributed by atoms with Gasteiger partial charge in [-0.05, 0) is 18.8 Å². The highest BCUT2D eigenvalue weighted by Gasteiger charge is 2.27. The van der Waals surface area contributed by atoms with Gasteiger partial charge in [-0.1, -0.05) is 27.7 Å². The molecule has 20 heavy (non-hydrogen) atoms. The van der Waals surface area contributed by atoms with E-state index in [0.29, 0.717) is 6.54 Å². The van der Waals surface area contributed by atoms with Crippen LogP contribution in [0.25, 0.3) is 0 Å². The van der Waals surface area contributed by atoms with Gasteiger partial charge in [0.1, 0.15) is 0 Å². The number of nitrogens with two attached hydrogens (primary N) is 1. The van der Waals surface area contributed by atoms with Crippen LogP contribution >= 0.6 is 0 Å². The number of carbonyl (C=O) groups excluding carboxylic acids is 2. The zero-order valence-corrected chi connectivity index (χ0v) is 13.2. The van der Waals surface area contributed by atoms with Gasteiger partial charge in [-0.2, -0.15) is 0 Å². The van der Waals surface area contributed by atoms with Gasteiger partial charge in [0.2, 0.25) is 11.8 Å². The molecule has 116 valence electrons. The zero-order valence-electron chi connectivity index (χ0n) is 13.2. The molecule has 1 rings (SSSR count). The highest BCUT2D eigenvalue weighted by Crippen LogP contribution is 2.15. The van der Waals surface area contributed by atoms with Crippen LogP contribution in [0.3, 0.4) is 0 Å². The lowest BCUT2D eigenvalue weighted by molar-refractivity contribution is -0.135. The Morgan fingerprint density at radius 3 is 2.15 bits per heavy atom. The number of rotatable bonds is 5. The van der Waals surface area contributed by atoms with Crippen molar-refractivity contribution in [1.82, 2.24) is 10.2 Å². The molecule has 0 aromatic carbocycles. The van der Waals surface area contributed by atoms with E-state index < -0.39 is 0 Å². The van der Waals surface area contributed by atoms with Gasteiger partial charge >= 0.3 is 0 Å². The van der Waals surface area contributed by atoms with Crippen LogP contribution in [0.1, 0.15) is 40.5 Å². The molecule has 3 N–H and O–H groups in total. The molecule has 0 spiro atoms. The molecule has 1 saturated heterocycles. The lowest BCUT2D eigenvalue weighted by Crippen LogP contribution is -2.50. The van der Waals surface area contributed by atoms with Crippen molar-refractivity contribution in [2.24, 2.45) is 23.5 Å². The largest absolute Gasteiger partial charge is 0.353 e. The van der Waals surface area contributed by atoms with Crippen molar-refractivity contribution < 1.29 is 9.59 Å². The van der Waals surface area contributed by atoms with Crippen LogP contribution in [0, 0.1) is 17.8 Å². The Labute approximate surface area is 122 Å². The van der Waals surface area contributed by atoms with Gasteiger partial charge in [0.25, 0.3) is 0 Å². The Balaban J connectivity index is 2.43. The second-order valence-corrected chi connectivity index (χ2v) is 6.35. The van der Waals surface area contributed by atoms with E-state index in [4.69, 9.17) is 5.73 Å². The van der Waals surface area contributed by atoms with E-state index in [0.717, 1.165) is 25.9 Å². The fourth-order valence-corrected chi connectivity index (χ4v) is 2.60. The highest BCUT2D eigenvalue weighted by atomic mass is 16.2. The van der Waals surface area contributed by atoms with Crippen molar-refractivity contribution in [3.05, 3.63) is 0 Å². The lowest BCUT2D eigenvalue weighted by Gasteiger charge is -2.34. The number of nitrogens with one attached hydrogen (secondary N) is 1. The number of nitrogens with zero attached hydrogens (tertiary/aromatic N) is 1. The Morgan fingerprint density at radius 2 is 1.75 bits per heavy atom.